The van der Waals surface area contributed by atoms with Crippen molar-refractivity contribution < 1.29 is 17.9 Å². The van der Waals surface area contributed by atoms with Gasteiger partial charge in [-0.25, -0.2) is 8.78 Å². The van der Waals surface area contributed by atoms with Gasteiger partial charge in [0.15, 0.2) is 23.1 Å². The zero-order chi connectivity index (χ0) is 25.9. The summed E-state index contributed by atoms with van der Waals surface area (Å²) in [5.74, 6) is -1.16. The molecule has 3 aromatic rings. The van der Waals surface area contributed by atoms with Crippen molar-refractivity contribution in [2.24, 2.45) is 11.8 Å². The van der Waals surface area contributed by atoms with Crippen molar-refractivity contribution in [2.45, 2.75) is 84.5 Å². The number of benzene rings is 3. The van der Waals surface area contributed by atoms with Gasteiger partial charge in [0.1, 0.15) is 0 Å². The maximum Gasteiger partial charge on any atom is 0.201 e. The van der Waals surface area contributed by atoms with E-state index < -0.39 is 17.5 Å². The Morgan fingerprint density at radius 1 is 0.703 bits per heavy atom. The number of aryl methyl sites for hydroxylation is 2. The van der Waals surface area contributed by atoms with Crippen LogP contribution < -0.4 is 4.74 Å². The van der Waals surface area contributed by atoms with Gasteiger partial charge in [0, 0.05) is 23.1 Å². The quantitative estimate of drug-likeness (QED) is 0.231. The lowest BCUT2D eigenvalue weighted by molar-refractivity contribution is 0.251. The monoisotopic (exact) mass is 506 g/mol. The van der Waals surface area contributed by atoms with Gasteiger partial charge in [-0.3, -0.25) is 0 Å². The average molecular weight is 507 g/mol. The van der Waals surface area contributed by atoms with Crippen molar-refractivity contribution >= 4 is 0 Å². The van der Waals surface area contributed by atoms with E-state index in [1.807, 2.05) is 30.3 Å². The van der Waals surface area contributed by atoms with Crippen LogP contribution in [0.3, 0.4) is 0 Å². The summed E-state index contributed by atoms with van der Waals surface area (Å²) in [5, 5.41) is 0. The van der Waals surface area contributed by atoms with E-state index in [9.17, 15) is 0 Å². The molecule has 3 aromatic carbocycles. The highest BCUT2D eigenvalue weighted by molar-refractivity contribution is 5.69. The van der Waals surface area contributed by atoms with Crippen LogP contribution in [0.15, 0.2) is 42.5 Å². The highest BCUT2D eigenvalue weighted by Gasteiger charge is 2.29. The summed E-state index contributed by atoms with van der Waals surface area (Å²) < 4.78 is 51.6. The SMILES string of the molecule is CCCc1ccc(-c2ccc3c(c2F)Oc2c(cc(CCC4CCC(CCC)CC4)c(F)c2F)C3)cc1. The fraction of sp³-hybridized carbons (Fsp3) is 0.455. The molecule has 0 atom stereocenters. The molecule has 1 saturated carbocycles. The van der Waals surface area contributed by atoms with E-state index in [0.29, 0.717) is 41.0 Å². The molecule has 37 heavy (non-hydrogen) atoms. The molecule has 196 valence electrons. The van der Waals surface area contributed by atoms with Crippen molar-refractivity contribution in [3.05, 3.63) is 82.2 Å². The van der Waals surface area contributed by atoms with Gasteiger partial charge in [-0.05, 0) is 53.9 Å². The molecule has 0 saturated heterocycles. The predicted molar refractivity (Wildman–Crippen MR) is 144 cm³/mol. The second-order valence-corrected chi connectivity index (χ2v) is 11.0. The molecule has 1 aliphatic carbocycles. The minimum atomic E-state index is -1.00. The van der Waals surface area contributed by atoms with Crippen LogP contribution in [-0.4, -0.2) is 0 Å². The summed E-state index contributed by atoms with van der Waals surface area (Å²) in [6.45, 7) is 4.36. The molecular weight excluding hydrogens is 469 g/mol. The molecule has 0 N–H and O–H groups in total. The van der Waals surface area contributed by atoms with Crippen molar-refractivity contribution in [2.75, 3.05) is 0 Å². The molecular formula is C33H37F3O. The molecule has 4 heteroatoms. The van der Waals surface area contributed by atoms with Crippen LogP contribution in [0.25, 0.3) is 11.1 Å². The molecule has 1 aliphatic heterocycles. The number of ether oxygens (including phenoxy) is 1. The van der Waals surface area contributed by atoms with Gasteiger partial charge >= 0.3 is 0 Å². The van der Waals surface area contributed by atoms with Crippen LogP contribution in [0.1, 0.15) is 87.5 Å². The zero-order valence-electron chi connectivity index (χ0n) is 22.0. The molecule has 0 aromatic heterocycles. The first-order chi connectivity index (χ1) is 18.0. The van der Waals surface area contributed by atoms with E-state index in [1.54, 1.807) is 12.1 Å². The van der Waals surface area contributed by atoms with Gasteiger partial charge in [0.05, 0.1) is 0 Å². The summed E-state index contributed by atoms with van der Waals surface area (Å²) in [6, 6.07) is 13.1. The molecule has 0 spiro atoms. The maximum atomic E-state index is 15.6. The molecule has 1 nitrogen and oxygen atoms in total. The first-order valence-corrected chi connectivity index (χ1v) is 14.1. The van der Waals surface area contributed by atoms with Gasteiger partial charge in [-0.15, -0.1) is 0 Å². The first-order valence-electron chi connectivity index (χ1n) is 14.1. The Kier molecular flexibility index (Phi) is 7.92. The third kappa shape index (κ3) is 5.44. The zero-order valence-corrected chi connectivity index (χ0v) is 22.0. The number of rotatable bonds is 8. The highest BCUT2D eigenvalue weighted by atomic mass is 19.2. The number of halogens is 3. The maximum absolute atomic E-state index is 15.6. The second kappa shape index (κ2) is 11.3. The minimum Gasteiger partial charge on any atom is -0.450 e. The van der Waals surface area contributed by atoms with Gasteiger partial charge in [-0.1, -0.05) is 95.2 Å². The van der Waals surface area contributed by atoms with Crippen LogP contribution in [0.5, 0.6) is 11.5 Å². The number of hydrogen-bond acceptors (Lipinski definition) is 1. The number of fused-ring (bicyclic) bond motifs is 2. The number of hydrogen-bond donors (Lipinski definition) is 0. The molecule has 1 heterocycles. The molecule has 5 rings (SSSR count). The van der Waals surface area contributed by atoms with E-state index in [2.05, 4.69) is 13.8 Å². The highest BCUT2D eigenvalue weighted by Crippen LogP contribution is 2.44. The lowest BCUT2D eigenvalue weighted by Gasteiger charge is -2.28. The second-order valence-electron chi connectivity index (χ2n) is 11.0. The summed E-state index contributed by atoms with van der Waals surface area (Å²) in [6.07, 6.45) is 11.1. The Bertz CT molecular complexity index is 1240. The van der Waals surface area contributed by atoms with Crippen molar-refractivity contribution in [3.63, 3.8) is 0 Å². The van der Waals surface area contributed by atoms with Crippen LogP contribution in [-0.2, 0) is 19.3 Å². The predicted octanol–water partition coefficient (Wildman–Crippen LogP) is 9.96. The molecule has 0 radical (unpaired) electrons. The van der Waals surface area contributed by atoms with Crippen LogP contribution >= 0.6 is 0 Å². The van der Waals surface area contributed by atoms with Gasteiger partial charge < -0.3 is 4.74 Å². The van der Waals surface area contributed by atoms with E-state index in [-0.39, 0.29) is 11.5 Å². The molecule has 2 aliphatic rings. The topological polar surface area (TPSA) is 9.23 Å². The molecule has 0 bridgehead atoms. The normalized spacial score (nSPS) is 18.7. The van der Waals surface area contributed by atoms with E-state index in [0.717, 1.165) is 30.7 Å². The van der Waals surface area contributed by atoms with Crippen molar-refractivity contribution in [3.8, 4) is 22.6 Å². The molecule has 0 amide bonds. The van der Waals surface area contributed by atoms with E-state index >= 15 is 13.2 Å². The lowest BCUT2D eigenvalue weighted by atomic mass is 9.78. The van der Waals surface area contributed by atoms with Gasteiger partial charge in [0.25, 0.3) is 0 Å². The van der Waals surface area contributed by atoms with Gasteiger partial charge in [0.2, 0.25) is 5.82 Å². The van der Waals surface area contributed by atoms with Gasteiger partial charge in [-0.2, -0.15) is 4.39 Å². The van der Waals surface area contributed by atoms with E-state index in [4.69, 9.17) is 4.74 Å². The Morgan fingerprint density at radius 2 is 1.38 bits per heavy atom. The third-order valence-electron chi connectivity index (χ3n) is 8.37. The Balaban J connectivity index is 1.33. The van der Waals surface area contributed by atoms with Crippen LogP contribution in [0, 0.1) is 29.3 Å². The summed E-state index contributed by atoms with van der Waals surface area (Å²) in [4.78, 5) is 0. The van der Waals surface area contributed by atoms with Crippen molar-refractivity contribution in [1.82, 2.24) is 0 Å². The Labute approximate surface area is 219 Å². The summed E-state index contributed by atoms with van der Waals surface area (Å²) >= 11 is 0. The Morgan fingerprint density at radius 3 is 2.05 bits per heavy atom. The van der Waals surface area contributed by atoms with Crippen LogP contribution in [0.2, 0.25) is 0 Å². The third-order valence-corrected chi connectivity index (χ3v) is 8.37. The minimum absolute atomic E-state index is 0.00229. The fourth-order valence-electron chi connectivity index (χ4n) is 6.24. The van der Waals surface area contributed by atoms with E-state index in [1.165, 1.54) is 44.1 Å². The summed E-state index contributed by atoms with van der Waals surface area (Å²) in [7, 11) is 0. The van der Waals surface area contributed by atoms with Crippen LogP contribution in [0.4, 0.5) is 13.2 Å². The fourth-order valence-corrected chi connectivity index (χ4v) is 6.24. The molecule has 0 unspecified atom stereocenters. The summed E-state index contributed by atoms with van der Waals surface area (Å²) in [5.41, 5.74) is 3.99. The lowest BCUT2D eigenvalue weighted by Crippen LogP contribution is -2.16. The molecule has 1 fully saturated rings. The average Bonchev–Trinajstić information content (AvgIpc) is 2.91. The largest absolute Gasteiger partial charge is 0.450 e. The smallest absolute Gasteiger partial charge is 0.201 e. The Hall–Kier alpha value is -2.75. The first kappa shape index (κ1) is 25.9. The van der Waals surface area contributed by atoms with Crippen molar-refractivity contribution in [1.29, 1.82) is 0 Å². The standard InChI is InChI=1S/C33H37F3O/c1-3-5-21-7-9-23(10-8-21)13-16-25-19-27-20-26-17-18-28(24-14-11-22(6-4-2)12-15-24)30(35)32(26)37-33(27)31(36)29(25)34/h11-12,14-15,17-19,21,23H,3-10,13,16,20H2,1-2H3.